The largest absolute Gasteiger partial charge is 0.238 e. The second-order valence-electron chi connectivity index (χ2n) is 12.1. The van der Waals surface area contributed by atoms with E-state index < -0.39 is 0 Å². The maximum atomic E-state index is 7.22. The minimum Gasteiger partial charge on any atom is -0.238 e. The molecule has 48 heavy (non-hydrogen) atoms. The van der Waals surface area contributed by atoms with E-state index in [4.69, 9.17) is 6.57 Å². The van der Waals surface area contributed by atoms with Crippen LogP contribution < -0.4 is 0 Å². The topological polar surface area (TPSA) is 4.36 Å². The van der Waals surface area contributed by atoms with Gasteiger partial charge in [0.15, 0.2) is 5.69 Å². The first kappa shape index (κ1) is 28.9. The van der Waals surface area contributed by atoms with E-state index in [1.54, 1.807) is 0 Å². The van der Waals surface area contributed by atoms with Gasteiger partial charge in [-0.05, 0) is 95.7 Å². The second-order valence-corrected chi connectivity index (χ2v) is 12.1. The number of rotatable bonds is 6. The van der Waals surface area contributed by atoms with Gasteiger partial charge in [-0.25, -0.2) is 4.85 Å². The van der Waals surface area contributed by atoms with Crippen LogP contribution in [0.4, 0.5) is 5.69 Å². The van der Waals surface area contributed by atoms with Crippen molar-refractivity contribution in [3.05, 3.63) is 199 Å². The van der Waals surface area contributed by atoms with E-state index >= 15 is 0 Å². The molecule has 0 heterocycles. The van der Waals surface area contributed by atoms with Crippen molar-refractivity contribution in [3.8, 4) is 66.8 Å². The van der Waals surface area contributed by atoms with Crippen LogP contribution in [0.5, 0.6) is 0 Å². The predicted octanol–water partition coefficient (Wildman–Crippen LogP) is 13.4. The summed E-state index contributed by atoms with van der Waals surface area (Å²) in [5, 5.41) is 2.47. The van der Waals surface area contributed by atoms with Crippen LogP contribution in [0.3, 0.4) is 0 Å². The average Bonchev–Trinajstić information content (AvgIpc) is 3.18. The van der Waals surface area contributed by atoms with Crippen molar-refractivity contribution < 1.29 is 0 Å². The number of benzene rings is 8. The Morgan fingerprint density at radius 3 is 0.979 bits per heavy atom. The van der Waals surface area contributed by atoms with Crippen LogP contribution in [0.25, 0.3) is 82.4 Å². The van der Waals surface area contributed by atoms with Crippen LogP contribution in [0.1, 0.15) is 0 Å². The molecule has 1 nitrogen and oxygen atoms in total. The number of nitrogens with zero attached hydrogens (tertiary/aromatic N) is 1. The van der Waals surface area contributed by atoms with Gasteiger partial charge >= 0.3 is 0 Å². The summed E-state index contributed by atoms with van der Waals surface area (Å²) >= 11 is 0. The fraction of sp³-hybridized carbons (Fsp3) is 0. The molecule has 0 unspecified atom stereocenters. The maximum absolute atomic E-state index is 7.22. The van der Waals surface area contributed by atoms with Gasteiger partial charge in [0.1, 0.15) is 0 Å². The highest BCUT2D eigenvalue weighted by atomic mass is 14.6. The Morgan fingerprint density at radius 2 is 0.583 bits per heavy atom. The molecule has 0 aliphatic rings. The van der Waals surface area contributed by atoms with E-state index in [2.05, 4.69) is 169 Å². The molecule has 8 rings (SSSR count). The Hall–Kier alpha value is -6.49. The van der Waals surface area contributed by atoms with Gasteiger partial charge < -0.3 is 0 Å². The van der Waals surface area contributed by atoms with Crippen LogP contribution in [0, 0.1) is 6.57 Å². The number of hydrogen-bond acceptors (Lipinski definition) is 0. The molecule has 0 aliphatic heterocycles. The van der Waals surface area contributed by atoms with Crippen LogP contribution in [-0.2, 0) is 0 Å². The SMILES string of the molecule is [C-]#[N+]c1ccc(-c2ccc(-c3ccc(-c4ccc(-c5cc(-c6ccccc6)cc(-c6ccccc6)c5)cc4)c4ccccc34)cc2)cc1. The molecule has 8 aromatic carbocycles. The van der Waals surface area contributed by atoms with Crippen molar-refractivity contribution in [2.45, 2.75) is 0 Å². The van der Waals surface area contributed by atoms with Crippen molar-refractivity contribution in [1.82, 2.24) is 0 Å². The van der Waals surface area contributed by atoms with Gasteiger partial charge in [-0.2, -0.15) is 0 Å². The molecule has 0 amide bonds. The maximum Gasteiger partial charge on any atom is 0.187 e. The van der Waals surface area contributed by atoms with Gasteiger partial charge in [0.05, 0.1) is 6.57 Å². The Kier molecular flexibility index (Phi) is 7.67. The molecular formula is C47H31N. The van der Waals surface area contributed by atoms with Crippen molar-refractivity contribution in [2.24, 2.45) is 0 Å². The van der Waals surface area contributed by atoms with Crippen molar-refractivity contribution >= 4 is 16.5 Å². The summed E-state index contributed by atoms with van der Waals surface area (Å²) in [6, 6.07) is 66.8. The fourth-order valence-corrected chi connectivity index (χ4v) is 6.60. The minimum absolute atomic E-state index is 0.658. The Labute approximate surface area is 281 Å². The van der Waals surface area contributed by atoms with Crippen molar-refractivity contribution in [1.29, 1.82) is 0 Å². The molecule has 0 bridgehead atoms. The first-order valence-corrected chi connectivity index (χ1v) is 16.2. The Bertz CT molecular complexity index is 2340. The third-order valence-corrected chi connectivity index (χ3v) is 9.13. The van der Waals surface area contributed by atoms with E-state index in [1.807, 2.05) is 24.3 Å². The monoisotopic (exact) mass is 609 g/mol. The van der Waals surface area contributed by atoms with Crippen LogP contribution >= 0.6 is 0 Å². The van der Waals surface area contributed by atoms with Crippen LogP contribution in [0.15, 0.2) is 188 Å². The van der Waals surface area contributed by atoms with Gasteiger partial charge in [0, 0.05) is 0 Å². The lowest BCUT2D eigenvalue weighted by Crippen LogP contribution is -1.88. The molecule has 0 aromatic heterocycles. The third-order valence-electron chi connectivity index (χ3n) is 9.13. The molecule has 1 heteroatoms. The summed E-state index contributed by atoms with van der Waals surface area (Å²) < 4.78 is 0. The van der Waals surface area contributed by atoms with E-state index in [9.17, 15) is 0 Å². The molecule has 0 N–H and O–H groups in total. The fourth-order valence-electron chi connectivity index (χ4n) is 6.60. The van der Waals surface area contributed by atoms with E-state index in [0.717, 1.165) is 11.1 Å². The highest BCUT2D eigenvalue weighted by Gasteiger charge is 2.12. The average molecular weight is 610 g/mol. The summed E-state index contributed by atoms with van der Waals surface area (Å²) in [7, 11) is 0. The Balaban J connectivity index is 1.14. The molecule has 224 valence electrons. The number of fused-ring (bicyclic) bond motifs is 1. The van der Waals surface area contributed by atoms with Crippen molar-refractivity contribution in [2.75, 3.05) is 0 Å². The quantitative estimate of drug-likeness (QED) is 0.165. The summed E-state index contributed by atoms with van der Waals surface area (Å²) in [6.07, 6.45) is 0. The second kappa shape index (κ2) is 12.7. The lowest BCUT2D eigenvalue weighted by atomic mass is 9.90. The van der Waals surface area contributed by atoms with Gasteiger partial charge in [-0.1, -0.05) is 170 Å². The highest BCUT2D eigenvalue weighted by molar-refractivity contribution is 6.05. The summed E-state index contributed by atoms with van der Waals surface area (Å²) in [5.74, 6) is 0. The van der Waals surface area contributed by atoms with E-state index in [0.29, 0.717) is 5.69 Å². The minimum atomic E-state index is 0.658. The molecule has 8 aromatic rings. The lowest BCUT2D eigenvalue weighted by Gasteiger charge is -2.14. The van der Waals surface area contributed by atoms with Gasteiger partial charge in [-0.3, -0.25) is 0 Å². The summed E-state index contributed by atoms with van der Waals surface area (Å²) in [5.41, 5.74) is 15.0. The molecular weight excluding hydrogens is 579 g/mol. The molecule has 0 saturated heterocycles. The molecule has 0 fully saturated rings. The van der Waals surface area contributed by atoms with Gasteiger partial charge in [0.25, 0.3) is 0 Å². The first-order valence-electron chi connectivity index (χ1n) is 16.2. The third kappa shape index (κ3) is 5.69. The molecule has 0 aliphatic carbocycles. The van der Waals surface area contributed by atoms with E-state index in [-0.39, 0.29) is 0 Å². The van der Waals surface area contributed by atoms with Gasteiger partial charge in [-0.15, -0.1) is 0 Å². The standard InChI is InChI=1S/C47H31N/c1-48-43-26-24-36(25-27-43)35-16-20-38(21-17-35)44-28-29-45(47-15-9-8-14-46(44)47)39-22-18-37(19-23-39)42-31-40(33-10-4-2-5-11-33)30-41(32-42)34-12-6-3-7-13-34/h2-32H. The van der Waals surface area contributed by atoms with Gasteiger partial charge in [0.2, 0.25) is 0 Å². The summed E-state index contributed by atoms with van der Waals surface area (Å²) in [6.45, 7) is 7.22. The lowest BCUT2D eigenvalue weighted by molar-refractivity contribution is 1.56. The zero-order valence-corrected chi connectivity index (χ0v) is 26.3. The molecule has 0 saturated carbocycles. The smallest absolute Gasteiger partial charge is 0.187 e. The van der Waals surface area contributed by atoms with Crippen molar-refractivity contribution in [3.63, 3.8) is 0 Å². The van der Waals surface area contributed by atoms with E-state index in [1.165, 1.54) is 66.4 Å². The highest BCUT2D eigenvalue weighted by Crippen LogP contribution is 2.38. The molecule has 0 spiro atoms. The first-order chi connectivity index (χ1) is 23.7. The summed E-state index contributed by atoms with van der Waals surface area (Å²) in [4.78, 5) is 3.51. The normalized spacial score (nSPS) is 10.9. The van der Waals surface area contributed by atoms with Crippen LogP contribution in [-0.4, -0.2) is 0 Å². The van der Waals surface area contributed by atoms with Crippen LogP contribution in [0.2, 0.25) is 0 Å². The molecule has 0 atom stereocenters. The predicted molar refractivity (Wildman–Crippen MR) is 203 cm³/mol. The number of hydrogen-bond donors (Lipinski definition) is 0. The Morgan fingerprint density at radius 1 is 0.271 bits per heavy atom. The zero-order chi connectivity index (χ0) is 32.3. The molecule has 0 radical (unpaired) electrons. The zero-order valence-electron chi connectivity index (χ0n) is 26.3.